The minimum atomic E-state index is -0.180. The van der Waals surface area contributed by atoms with Crippen LogP contribution >= 0.6 is 0 Å². The molecule has 2 rings (SSSR count). The van der Waals surface area contributed by atoms with Gasteiger partial charge in [0.1, 0.15) is 0 Å². The Labute approximate surface area is 158 Å². The Morgan fingerprint density at radius 2 is 1.96 bits per heavy atom. The molecule has 0 bridgehead atoms. The highest BCUT2D eigenvalue weighted by Crippen LogP contribution is 2.27. The van der Waals surface area contributed by atoms with Crippen LogP contribution in [0.2, 0.25) is 0 Å². The molecule has 26 heavy (non-hydrogen) atoms. The van der Waals surface area contributed by atoms with Gasteiger partial charge in [0.2, 0.25) is 5.91 Å². The van der Waals surface area contributed by atoms with Crippen LogP contribution in [0.4, 0.5) is 0 Å². The summed E-state index contributed by atoms with van der Waals surface area (Å²) in [5.74, 6) is 1.39. The van der Waals surface area contributed by atoms with Crippen molar-refractivity contribution >= 4 is 11.9 Å². The lowest BCUT2D eigenvalue weighted by Gasteiger charge is -2.27. The van der Waals surface area contributed by atoms with Gasteiger partial charge in [-0.15, -0.1) is 0 Å². The lowest BCUT2D eigenvalue weighted by Crippen LogP contribution is -2.46. The summed E-state index contributed by atoms with van der Waals surface area (Å²) in [6.45, 7) is 9.33. The molecule has 6 heteroatoms. The quantitative estimate of drug-likeness (QED) is 0.476. The van der Waals surface area contributed by atoms with Gasteiger partial charge in [0.25, 0.3) is 0 Å². The molecule has 1 saturated carbocycles. The van der Waals surface area contributed by atoms with Crippen LogP contribution in [0.25, 0.3) is 0 Å². The zero-order chi connectivity index (χ0) is 19.0. The van der Waals surface area contributed by atoms with Crippen molar-refractivity contribution in [2.45, 2.75) is 71.8 Å². The minimum absolute atomic E-state index is 0.138. The third kappa shape index (κ3) is 5.86. The number of nitrogens with one attached hydrogen (secondary N) is 2. The molecule has 0 aromatic heterocycles. The van der Waals surface area contributed by atoms with Gasteiger partial charge in [-0.3, -0.25) is 9.79 Å². The molecule has 0 radical (unpaired) electrons. The van der Waals surface area contributed by atoms with Gasteiger partial charge >= 0.3 is 0 Å². The van der Waals surface area contributed by atoms with Gasteiger partial charge in [-0.25, -0.2) is 0 Å². The summed E-state index contributed by atoms with van der Waals surface area (Å²) in [4.78, 5) is 19.4. The van der Waals surface area contributed by atoms with E-state index in [4.69, 9.17) is 0 Å². The molecule has 150 valence electrons. The number of hydrogen-bond donors (Lipinski definition) is 3. The van der Waals surface area contributed by atoms with E-state index in [2.05, 4.69) is 36.4 Å². The molecule has 0 spiro atoms. The summed E-state index contributed by atoms with van der Waals surface area (Å²) in [7, 11) is 0. The van der Waals surface area contributed by atoms with Crippen LogP contribution in [0, 0.1) is 11.3 Å². The molecule has 1 heterocycles. The molecule has 2 aliphatic rings. The number of carbonyl (C=O) groups is 1. The molecule has 1 aliphatic carbocycles. The Morgan fingerprint density at radius 3 is 2.58 bits per heavy atom. The SMILES string of the molecule is CCNC(=NCC(C)(CC)CO)NC1CCN(C(=O)C2CCCCC2)C1. The second-order valence-electron chi connectivity index (χ2n) is 8.27. The minimum Gasteiger partial charge on any atom is -0.396 e. The highest BCUT2D eigenvalue weighted by atomic mass is 16.3. The van der Waals surface area contributed by atoms with Crippen molar-refractivity contribution in [3.63, 3.8) is 0 Å². The molecule has 0 aromatic rings. The van der Waals surface area contributed by atoms with E-state index < -0.39 is 0 Å². The first-order chi connectivity index (χ1) is 12.5. The number of aliphatic hydroxyl groups excluding tert-OH is 1. The number of amides is 1. The van der Waals surface area contributed by atoms with Crippen molar-refractivity contribution in [3.05, 3.63) is 0 Å². The van der Waals surface area contributed by atoms with Crippen molar-refractivity contribution in [2.75, 3.05) is 32.8 Å². The Bertz CT molecular complexity index is 470. The first-order valence-corrected chi connectivity index (χ1v) is 10.5. The number of carbonyl (C=O) groups excluding carboxylic acids is 1. The third-order valence-electron chi connectivity index (χ3n) is 5.99. The molecule has 0 aromatic carbocycles. The van der Waals surface area contributed by atoms with Crippen LogP contribution in [0.3, 0.4) is 0 Å². The average molecular weight is 367 g/mol. The fraction of sp³-hybridized carbons (Fsp3) is 0.900. The van der Waals surface area contributed by atoms with Crippen LogP contribution in [0.15, 0.2) is 4.99 Å². The zero-order valence-corrected chi connectivity index (χ0v) is 16.9. The Balaban J connectivity index is 1.88. The number of aliphatic hydroxyl groups is 1. The van der Waals surface area contributed by atoms with E-state index in [1.165, 1.54) is 19.3 Å². The molecule has 3 N–H and O–H groups in total. The first kappa shape index (κ1) is 21.0. The maximum absolute atomic E-state index is 12.7. The summed E-state index contributed by atoms with van der Waals surface area (Å²) in [5.41, 5.74) is -0.180. The summed E-state index contributed by atoms with van der Waals surface area (Å²) >= 11 is 0. The van der Waals surface area contributed by atoms with Gasteiger partial charge in [-0.1, -0.05) is 33.1 Å². The Hall–Kier alpha value is -1.30. The highest BCUT2D eigenvalue weighted by molar-refractivity contribution is 5.81. The molecule has 2 fully saturated rings. The predicted molar refractivity (Wildman–Crippen MR) is 106 cm³/mol. The molecule has 1 amide bonds. The molecule has 1 aliphatic heterocycles. The second kappa shape index (κ2) is 10.1. The van der Waals surface area contributed by atoms with Crippen molar-refractivity contribution in [1.82, 2.24) is 15.5 Å². The van der Waals surface area contributed by atoms with E-state index in [9.17, 15) is 9.90 Å². The van der Waals surface area contributed by atoms with Gasteiger partial charge in [-0.2, -0.15) is 0 Å². The molecular weight excluding hydrogens is 328 g/mol. The van der Waals surface area contributed by atoms with E-state index in [1.807, 2.05) is 4.90 Å². The third-order valence-corrected chi connectivity index (χ3v) is 5.99. The summed E-state index contributed by atoms with van der Waals surface area (Å²) in [5, 5.41) is 16.4. The highest BCUT2D eigenvalue weighted by Gasteiger charge is 2.32. The Kier molecular flexibility index (Phi) is 8.19. The van der Waals surface area contributed by atoms with E-state index in [0.717, 1.165) is 51.3 Å². The number of rotatable bonds is 7. The van der Waals surface area contributed by atoms with Crippen LogP contribution < -0.4 is 10.6 Å². The van der Waals surface area contributed by atoms with Gasteiger partial charge in [0.05, 0.1) is 13.2 Å². The zero-order valence-electron chi connectivity index (χ0n) is 16.9. The number of guanidine groups is 1. The van der Waals surface area contributed by atoms with Gasteiger partial charge in [0.15, 0.2) is 5.96 Å². The van der Waals surface area contributed by atoms with E-state index in [0.29, 0.717) is 12.5 Å². The maximum atomic E-state index is 12.7. The van der Waals surface area contributed by atoms with E-state index in [-0.39, 0.29) is 24.0 Å². The topological polar surface area (TPSA) is 77.0 Å². The second-order valence-corrected chi connectivity index (χ2v) is 8.27. The number of hydrogen-bond acceptors (Lipinski definition) is 3. The van der Waals surface area contributed by atoms with Crippen LogP contribution in [-0.4, -0.2) is 60.7 Å². The molecular formula is C20H38N4O2. The van der Waals surface area contributed by atoms with Gasteiger partial charge < -0.3 is 20.6 Å². The maximum Gasteiger partial charge on any atom is 0.225 e. The van der Waals surface area contributed by atoms with Crippen LogP contribution in [0.1, 0.15) is 65.7 Å². The van der Waals surface area contributed by atoms with Gasteiger partial charge in [0, 0.05) is 37.0 Å². The van der Waals surface area contributed by atoms with E-state index in [1.54, 1.807) is 0 Å². The lowest BCUT2D eigenvalue weighted by atomic mass is 9.88. The fourth-order valence-electron chi connectivity index (χ4n) is 3.74. The monoisotopic (exact) mass is 366 g/mol. The number of aliphatic imine (C=N–C) groups is 1. The predicted octanol–water partition coefficient (Wildman–Crippen LogP) is 2.13. The fourth-order valence-corrected chi connectivity index (χ4v) is 3.74. The van der Waals surface area contributed by atoms with Crippen molar-refractivity contribution in [2.24, 2.45) is 16.3 Å². The molecule has 2 unspecified atom stereocenters. The van der Waals surface area contributed by atoms with Crippen LogP contribution in [-0.2, 0) is 4.79 Å². The normalized spacial score (nSPS) is 24.4. The van der Waals surface area contributed by atoms with Crippen LogP contribution in [0.5, 0.6) is 0 Å². The largest absolute Gasteiger partial charge is 0.396 e. The number of likely N-dealkylation sites (tertiary alicyclic amines) is 1. The summed E-state index contributed by atoms with van der Waals surface area (Å²) in [6, 6.07) is 0.252. The summed E-state index contributed by atoms with van der Waals surface area (Å²) < 4.78 is 0. The van der Waals surface area contributed by atoms with Crippen molar-refractivity contribution in [3.8, 4) is 0 Å². The number of nitrogens with zero attached hydrogens (tertiary/aromatic N) is 2. The van der Waals surface area contributed by atoms with Crippen molar-refractivity contribution in [1.29, 1.82) is 0 Å². The standard InChI is InChI=1S/C20H38N4O2/c1-4-20(3,15-25)14-22-19(21-5-2)23-17-11-12-24(13-17)18(26)16-9-7-6-8-10-16/h16-17,25H,4-15H2,1-3H3,(H2,21,22,23). The van der Waals surface area contributed by atoms with Crippen molar-refractivity contribution < 1.29 is 9.90 Å². The first-order valence-electron chi connectivity index (χ1n) is 10.5. The van der Waals surface area contributed by atoms with Gasteiger partial charge in [-0.05, 0) is 32.6 Å². The summed E-state index contributed by atoms with van der Waals surface area (Å²) in [6.07, 6.45) is 7.66. The average Bonchev–Trinajstić information content (AvgIpc) is 3.14. The molecule has 6 nitrogen and oxygen atoms in total. The lowest BCUT2D eigenvalue weighted by molar-refractivity contribution is -0.135. The molecule has 2 atom stereocenters. The molecule has 1 saturated heterocycles. The smallest absolute Gasteiger partial charge is 0.225 e. The Morgan fingerprint density at radius 1 is 1.23 bits per heavy atom. The van der Waals surface area contributed by atoms with E-state index >= 15 is 0 Å².